The largest absolute Gasteiger partial charge is 0.398 e. The summed E-state index contributed by atoms with van der Waals surface area (Å²) in [4.78, 5) is 0.193. The summed E-state index contributed by atoms with van der Waals surface area (Å²) < 4.78 is 38.0. The minimum absolute atomic E-state index is 0.135. The van der Waals surface area contributed by atoms with E-state index < -0.39 is 15.7 Å². The molecule has 0 aliphatic heterocycles. The molecule has 0 amide bonds. The Morgan fingerprint density at radius 3 is 2.47 bits per heavy atom. The van der Waals surface area contributed by atoms with E-state index >= 15 is 0 Å². The van der Waals surface area contributed by atoms with Crippen molar-refractivity contribution in [3.8, 4) is 0 Å². The maximum absolute atomic E-state index is 12.9. The SMILES string of the molecule is Nc1cc(F)ccc1CS(=O)(=O)c1ccccc1Br. The van der Waals surface area contributed by atoms with Crippen molar-refractivity contribution in [3.63, 3.8) is 0 Å². The number of nitrogens with two attached hydrogens (primary N) is 1. The average molecular weight is 344 g/mol. The minimum atomic E-state index is -3.53. The molecule has 0 aromatic heterocycles. The number of hydrogen-bond acceptors (Lipinski definition) is 3. The Hall–Kier alpha value is -1.40. The van der Waals surface area contributed by atoms with Gasteiger partial charge in [-0.05, 0) is 45.8 Å². The van der Waals surface area contributed by atoms with Gasteiger partial charge < -0.3 is 5.73 Å². The lowest BCUT2D eigenvalue weighted by Gasteiger charge is -2.08. The van der Waals surface area contributed by atoms with Crippen LogP contribution in [0.2, 0.25) is 0 Å². The lowest BCUT2D eigenvalue weighted by molar-refractivity contribution is 0.594. The number of nitrogen functional groups attached to an aromatic ring is 1. The summed E-state index contributed by atoms with van der Waals surface area (Å²) >= 11 is 3.21. The highest BCUT2D eigenvalue weighted by atomic mass is 79.9. The maximum atomic E-state index is 12.9. The highest BCUT2D eigenvalue weighted by Gasteiger charge is 2.19. The van der Waals surface area contributed by atoms with Crippen LogP contribution in [0, 0.1) is 5.82 Å². The summed E-state index contributed by atoms with van der Waals surface area (Å²) in [7, 11) is -3.53. The quantitative estimate of drug-likeness (QED) is 0.871. The molecule has 100 valence electrons. The zero-order chi connectivity index (χ0) is 14.0. The normalized spacial score (nSPS) is 11.5. The Morgan fingerprint density at radius 1 is 1.16 bits per heavy atom. The van der Waals surface area contributed by atoms with Crippen LogP contribution in [0.5, 0.6) is 0 Å². The molecule has 0 aliphatic carbocycles. The maximum Gasteiger partial charge on any atom is 0.183 e. The number of hydrogen-bond donors (Lipinski definition) is 1. The summed E-state index contributed by atoms with van der Waals surface area (Å²) in [5.41, 5.74) is 6.15. The molecular weight excluding hydrogens is 333 g/mol. The number of benzene rings is 2. The summed E-state index contributed by atoms with van der Waals surface area (Å²) in [5, 5.41) is 0. The molecule has 0 atom stereocenters. The Bertz CT molecular complexity index is 716. The molecule has 3 nitrogen and oxygen atoms in total. The lowest BCUT2D eigenvalue weighted by Crippen LogP contribution is -2.08. The third-order valence-corrected chi connectivity index (χ3v) is 5.30. The second-order valence-electron chi connectivity index (χ2n) is 4.03. The van der Waals surface area contributed by atoms with Gasteiger partial charge in [-0.15, -0.1) is 0 Å². The molecule has 0 unspecified atom stereocenters. The number of sulfone groups is 1. The van der Waals surface area contributed by atoms with Crippen molar-refractivity contribution < 1.29 is 12.8 Å². The molecule has 2 N–H and O–H groups in total. The zero-order valence-corrected chi connectivity index (χ0v) is 12.2. The summed E-state index contributed by atoms with van der Waals surface area (Å²) in [6.45, 7) is 0. The first-order valence-corrected chi connectivity index (χ1v) is 7.86. The number of rotatable bonds is 3. The van der Waals surface area contributed by atoms with Crippen molar-refractivity contribution in [2.45, 2.75) is 10.6 Å². The van der Waals surface area contributed by atoms with Gasteiger partial charge in [0.15, 0.2) is 9.84 Å². The van der Waals surface area contributed by atoms with Crippen LogP contribution in [0.3, 0.4) is 0 Å². The molecule has 0 spiro atoms. The van der Waals surface area contributed by atoms with Gasteiger partial charge >= 0.3 is 0 Å². The lowest BCUT2D eigenvalue weighted by atomic mass is 10.2. The van der Waals surface area contributed by atoms with E-state index in [9.17, 15) is 12.8 Å². The fraction of sp³-hybridized carbons (Fsp3) is 0.0769. The second-order valence-corrected chi connectivity index (χ2v) is 6.84. The topological polar surface area (TPSA) is 60.2 Å². The van der Waals surface area contributed by atoms with E-state index in [0.29, 0.717) is 10.0 Å². The summed E-state index contributed by atoms with van der Waals surface area (Å²) in [6.07, 6.45) is 0. The standard InChI is InChI=1S/C13H11BrFNO2S/c14-11-3-1-2-4-13(11)19(17,18)8-9-5-6-10(15)7-12(9)16/h1-7H,8,16H2. The van der Waals surface area contributed by atoms with E-state index in [4.69, 9.17) is 5.73 Å². The predicted octanol–water partition coefficient (Wildman–Crippen LogP) is 3.14. The third kappa shape index (κ3) is 3.13. The first kappa shape index (κ1) is 14.0. The van der Waals surface area contributed by atoms with Crippen molar-refractivity contribution in [1.82, 2.24) is 0 Å². The molecule has 2 aromatic rings. The van der Waals surface area contributed by atoms with Crippen molar-refractivity contribution >= 4 is 31.5 Å². The van der Waals surface area contributed by atoms with Crippen LogP contribution < -0.4 is 5.73 Å². The Morgan fingerprint density at radius 2 is 1.84 bits per heavy atom. The van der Waals surface area contributed by atoms with Crippen LogP contribution in [0.1, 0.15) is 5.56 Å². The van der Waals surface area contributed by atoms with E-state index in [1.165, 1.54) is 18.2 Å². The van der Waals surface area contributed by atoms with Crippen LogP contribution in [-0.2, 0) is 15.6 Å². The second kappa shape index (κ2) is 5.30. The highest BCUT2D eigenvalue weighted by Crippen LogP contribution is 2.26. The van der Waals surface area contributed by atoms with Crippen molar-refractivity contribution in [2.24, 2.45) is 0 Å². The van der Waals surface area contributed by atoms with Gasteiger partial charge in [-0.25, -0.2) is 12.8 Å². The van der Waals surface area contributed by atoms with Gasteiger partial charge in [0.1, 0.15) is 5.82 Å². The molecule has 19 heavy (non-hydrogen) atoms. The minimum Gasteiger partial charge on any atom is -0.398 e. The van der Waals surface area contributed by atoms with Gasteiger partial charge in [0.25, 0.3) is 0 Å². The molecule has 6 heteroatoms. The Kier molecular flexibility index (Phi) is 3.91. The van der Waals surface area contributed by atoms with E-state index in [2.05, 4.69) is 15.9 Å². The molecule has 0 saturated heterocycles. The van der Waals surface area contributed by atoms with Crippen molar-refractivity contribution in [1.29, 1.82) is 0 Å². The van der Waals surface area contributed by atoms with Crippen molar-refractivity contribution in [2.75, 3.05) is 5.73 Å². The number of halogens is 2. The molecule has 2 aromatic carbocycles. The Balaban J connectivity index is 2.40. The molecule has 0 fully saturated rings. The van der Waals surface area contributed by atoms with Gasteiger partial charge in [0.2, 0.25) is 0 Å². The molecule has 0 bridgehead atoms. The smallest absolute Gasteiger partial charge is 0.183 e. The van der Waals surface area contributed by atoms with E-state index in [1.807, 2.05) is 0 Å². The van der Waals surface area contributed by atoms with E-state index in [1.54, 1.807) is 18.2 Å². The van der Waals surface area contributed by atoms with Gasteiger partial charge in [-0.1, -0.05) is 18.2 Å². The average Bonchev–Trinajstić information content (AvgIpc) is 2.33. The monoisotopic (exact) mass is 343 g/mol. The molecule has 0 heterocycles. The van der Waals surface area contributed by atoms with Crippen LogP contribution in [0.15, 0.2) is 51.8 Å². The zero-order valence-electron chi connectivity index (χ0n) is 9.81. The molecule has 2 rings (SSSR count). The molecular formula is C13H11BrFNO2S. The van der Waals surface area contributed by atoms with Gasteiger partial charge in [-0.3, -0.25) is 0 Å². The van der Waals surface area contributed by atoms with Crippen LogP contribution >= 0.6 is 15.9 Å². The van der Waals surface area contributed by atoms with Gasteiger partial charge in [-0.2, -0.15) is 0 Å². The highest BCUT2D eigenvalue weighted by molar-refractivity contribution is 9.10. The summed E-state index contributed by atoms with van der Waals surface area (Å²) in [5.74, 6) is -0.749. The third-order valence-electron chi connectivity index (χ3n) is 2.63. The van der Waals surface area contributed by atoms with Crippen LogP contribution in [-0.4, -0.2) is 8.42 Å². The Labute approximate surface area is 119 Å². The van der Waals surface area contributed by atoms with Gasteiger partial charge in [0.05, 0.1) is 10.6 Å². The summed E-state index contributed by atoms with van der Waals surface area (Å²) in [6, 6.07) is 10.2. The van der Waals surface area contributed by atoms with E-state index in [-0.39, 0.29) is 16.3 Å². The number of anilines is 1. The molecule has 0 aliphatic rings. The van der Waals surface area contributed by atoms with Crippen molar-refractivity contribution in [3.05, 3.63) is 58.3 Å². The van der Waals surface area contributed by atoms with Gasteiger partial charge in [0, 0.05) is 10.2 Å². The van der Waals surface area contributed by atoms with E-state index in [0.717, 1.165) is 6.07 Å². The fourth-order valence-corrected chi connectivity index (χ4v) is 4.18. The van der Waals surface area contributed by atoms with Crippen LogP contribution in [0.4, 0.5) is 10.1 Å². The molecule has 0 saturated carbocycles. The fourth-order valence-electron chi connectivity index (χ4n) is 1.68. The first-order valence-electron chi connectivity index (χ1n) is 5.41. The molecule has 0 radical (unpaired) electrons. The predicted molar refractivity (Wildman–Crippen MR) is 75.8 cm³/mol. The van der Waals surface area contributed by atoms with Crippen LogP contribution in [0.25, 0.3) is 0 Å². The first-order chi connectivity index (χ1) is 8.90.